The van der Waals surface area contributed by atoms with Crippen LogP contribution in [0.5, 0.6) is 6.01 Å². The Hall–Kier alpha value is -3.51. The zero-order chi connectivity index (χ0) is 29.6. The highest BCUT2D eigenvalue weighted by Crippen LogP contribution is 2.50. The van der Waals surface area contributed by atoms with Gasteiger partial charge in [-0.2, -0.15) is 15.2 Å². The number of carbonyl (C=O) groups is 1. The van der Waals surface area contributed by atoms with E-state index >= 15 is 0 Å². The zero-order valence-electron chi connectivity index (χ0n) is 25.1. The van der Waals surface area contributed by atoms with E-state index in [2.05, 4.69) is 55.5 Å². The number of ether oxygens (including phenoxy) is 1. The molecule has 222 valence electrons. The molecule has 0 radical (unpaired) electrons. The lowest BCUT2D eigenvalue weighted by Gasteiger charge is -2.43. The highest BCUT2D eigenvalue weighted by atomic mass is 19.1. The summed E-state index contributed by atoms with van der Waals surface area (Å²) in [5, 5.41) is 9.51. The first-order valence-electron chi connectivity index (χ1n) is 15.3. The standard InChI is InChI=1S/C33H41FN6O2/c1-21-16-22(2)29-24(17-21)7-10-33(29)11-8-27-28(18-33)36-32(42-20-26-6-5-13-38(26)4)37-30(27)39-14-15-40(31(41)23(3)34)25(19-39)9-12-35/h16-17,25-26H,3,5-11,13-15,18-20H2,1-2,4H3. The predicted octanol–water partition coefficient (Wildman–Crippen LogP) is 4.35. The van der Waals surface area contributed by atoms with Crippen LogP contribution in [0.4, 0.5) is 10.2 Å². The Balaban J connectivity index is 1.35. The minimum Gasteiger partial charge on any atom is -0.462 e. The molecule has 2 aliphatic heterocycles. The van der Waals surface area contributed by atoms with Crippen LogP contribution in [0.2, 0.25) is 0 Å². The molecule has 3 unspecified atom stereocenters. The summed E-state index contributed by atoms with van der Waals surface area (Å²) >= 11 is 0. The zero-order valence-corrected chi connectivity index (χ0v) is 25.1. The molecule has 1 aromatic carbocycles. The van der Waals surface area contributed by atoms with Gasteiger partial charge in [0, 0.05) is 43.1 Å². The maximum absolute atomic E-state index is 13.8. The number of fused-ring (bicyclic) bond motifs is 3. The molecule has 2 aliphatic carbocycles. The first kappa shape index (κ1) is 28.6. The van der Waals surface area contributed by atoms with E-state index in [0.29, 0.717) is 38.3 Å². The molecule has 1 amide bonds. The first-order chi connectivity index (χ1) is 20.2. The van der Waals surface area contributed by atoms with Crippen LogP contribution >= 0.6 is 0 Å². The van der Waals surface area contributed by atoms with Crippen LogP contribution < -0.4 is 9.64 Å². The first-order valence-corrected chi connectivity index (χ1v) is 15.3. The Morgan fingerprint density at radius 1 is 1.19 bits per heavy atom. The van der Waals surface area contributed by atoms with Crippen LogP contribution in [-0.4, -0.2) is 77.6 Å². The van der Waals surface area contributed by atoms with Gasteiger partial charge >= 0.3 is 6.01 Å². The lowest BCUT2D eigenvalue weighted by molar-refractivity contribution is -0.131. The highest BCUT2D eigenvalue weighted by Gasteiger charge is 2.44. The van der Waals surface area contributed by atoms with E-state index in [1.807, 2.05) is 0 Å². The summed E-state index contributed by atoms with van der Waals surface area (Å²) in [5.41, 5.74) is 7.90. The Bertz CT molecular complexity index is 1450. The number of amides is 1. The van der Waals surface area contributed by atoms with Crippen LogP contribution in [0.1, 0.15) is 65.6 Å². The number of aryl methyl sites for hydroxylation is 3. The summed E-state index contributed by atoms with van der Waals surface area (Å²) in [6.45, 7) is 10.4. The molecule has 3 heterocycles. The summed E-state index contributed by atoms with van der Waals surface area (Å²) < 4.78 is 20.1. The van der Waals surface area contributed by atoms with Gasteiger partial charge in [0.2, 0.25) is 0 Å². The van der Waals surface area contributed by atoms with Crippen LogP contribution in [0, 0.1) is 25.2 Å². The summed E-state index contributed by atoms with van der Waals surface area (Å²) in [7, 11) is 2.13. The van der Waals surface area contributed by atoms with Gasteiger partial charge in [-0.25, -0.2) is 4.39 Å². The van der Waals surface area contributed by atoms with Gasteiger partial charge in [0.05, 0.1) is 24.2 Å². The average Bonchev–Trinajstić information content (AvgIpc) is 3.53. The number of aromatic nitrogens is 2. The molecule has 1 spiro atoms. The van der Waals surface area contributed by atoms with E-state index in [0.717, 1.165) is 68.6 Å². The Morgan fingerprint density at radius 3 is 2.74 bits per heavy atom. The van der Waals surface area contributed by atoms with Crippen molar-refractivity contribution < 1.29 is 13.9 Å². The molecule has 6 rings (SSSR count). The van der Waals surface area contributed by atoms with E-state index < -0.39 is 17.8 Å². The lowest BCUT2D eigenvalue weighted by Crippen LogP contribution is -2.55. The molecule has 9 heteroatoms. The van der Waals surface area contributed by atoms with E-state index in [9.17, 15) is 14.4 Å². The molecule has 2 saturated heterocycles. The molecule has 2 aromatic rings. The molecular weight excluding hydrogens is 531 g/mol. The normalized spacial score (nSPS) is 25.3. The number of carbonyl (C=O) groups excluding carboxylic acids is 1. The van der Waals surface area contributed by atoms with Crippen LogP contribution in [0.25, 0.3) is 0 Å². The third-order valence-electron chi connectivity index (χ3n) is 10.1. The molecule has 4 aliphatic rings. The van der Waals surface area contributed by atoms with E-state index in [4.69, 9.17) is 14.7 Å². The maximum atomic E-state index is 13.8. The number of hydrogen-bond acceptors (Lipinski definition) is 7. The number of rotatable bonds is 6. The largest absolute Gasteiger partial charge is 0.462 e. The van der Waals surface area contributed by atoms with Crippen molar-refractivity contribution >= 4 is 11.7 Å². The van der Waals surface area contributed by atoms with Crippen molar-refractivity contribution in [1.29, 1.82) is 5.26 Å². The van der Waals surface area contributed by atoms with Gasteiger partial charge in [0.25, 0.3) is 5.91 Å². The van der Waals surface area contributed by atoms with Gasteiger partial charge in [-0.15, -0.1) is 0 Å². The van der Waals surface area contributed by atoms with Gasteiger partial charge in [-0.3, -0.25) is 4.79 Å². The molecule has 3 atom stereocenters. The SMILES string of the molecule is C=C(F)C(=O)N1CCN(c2nc(OCC3CCCN3C)nc3c2CCC2(CCc4cc(C)cc(C)c42)C3)CC1CC#N. The van der Waals surface area contributed by atoms with Gasteiger partial charge in [0.1, 0.15) is 12.4 Å². The molecular formula is C33H41FN6O2. The van der Waals surface area contributed by atoms with E-state index in [1.54, 1.807) is 0 Å². The number of piperazine rings is 1. The van der Waals surface area contributed by atoms with E-state index in [1.165, 1.54) is 27.2 Å². The topological polar surface area (TPSA) is 85.6 Å². The molecule has 0 bridgehead atoms. The van der Waals surface area contributed by atoms with Gasteiger partial charge in [-0.1, -0.05) is 24.3 Å². The van der Waals surface area contributed by atoms with Crippen molar-refractivity contribution in [3.8, 4) is 12.1 Å². The fraction of sp³-hybridized carbons (Fsp3) is 0.576. The van der Waals surface area contributed by atoms with Gasteiger partial charge in [-0.05, 0) is 82.7 Å². The third-order valence-corrected chi connectivity index (χ3v) is 10.1. The van der Waals surface area contributed by atoms with E-state index in [-0.39, 0.29) is 11.8 Å². The Kier molecular flexibility index (Phi) is 7.69. The fourth-order valence-corrected chi connectivity index (χ4v) is 8.05. The van der Waals surface area contributed by atoms with Crippen molar-refractivity contribution in [1.82, 2.24) is 19.8 Å². The monoisotopic (exact) mass is 572 g/mol. The number of anilines is 1. The maximum Gasteiger partial charge on any atom is 0.318 e. The minimum atomic E-state index is -0.994. The summed E-state index contributed by atoms with van der Waals surface area (Å²) in [6.07, 6.45) is 7.30. The number of nitriles is 1. The van der Waals surface area contributed by atoms with Gasteiger partial charge < -0.3 is 19.4 Å². The van der Waals surface area contributed by atoms with Crippen LogP contribution in [0.3, 0.4) is 0 Å². The van der Waals surface area contributed by atoms with Crippen LogP contribution in [-0.2, 0) is 29.5 Å². The predicted molar refractivity (Wildman–Crippen MR) is 159 cm³/mol. The molecule has 1 aromatic heterocycles. The smallest absolute Gasteiger partial charge is 0.318 e. The summed E-state index contributed by atoms with van der Waals surface area (Å²) in [6, 6.07) is 7.13. The lowest BCUT2D eigenvalue weighted by atomic mass is 9.68. The molecule has 8 nitrogen and oxygen atoms in total. The van der Waals surface area contributed by atoms with Gasteiger partial charge in [0.15, 0.2) is 5.83 Å². The number of benzene rings is 1. The van der Waals surface area contributed by atoms with Crippen molar-refractivity contribution in [2.45, 2.75) is 82.7 Å². The number of likely N-dealkylation sites (N-methyl/N-ethyl adjacent to an activating group) is 1. The van der Waals surface area contributed by atoms with Crippen LogP contribution in [0.15, 0.2) is 24.5 Å². The third kappa shape index (κ3) is 5.15. The minimum absolute atomic E-state index is 0.0601. The molecule has 0 N–H and O–H groups in total. The average molecular weight is 573 g/mol. The highest BCUT2D eigenvalue weighted by molar-refractivity contribution is 5.91. The number of hydrogen-bond donors (Lipinski definition) is 0. The summed E-state index contributed by atoms with van der Waals surface area (Å²) in [5.74, 6) is -0.902. The number of nitrogens with zero attached hydrogens (tertiary/aromatic N) is 6. The fourth-order valence-electron chi connectivity index (χ4n) is 8.05. The quantitative estimate of drug-likeness (QED) is 0.476. The Morgan fingerprint density at radius 2 is 2.00 bits per heavy atom. The second-order valence-electron chi connectivity index (χ2n) is 12.8. The number of likely N-dealkylation sites (tertiary alicyclic amines) is 1. The van der Waals surface area contributed by atoms with Crippen molar-refractivity contribution in [3.63, 3.8) is 0 Å². The van der Waals surface area contributed by atoms with Crippen molar-refractivity contribution in [3.05, 3.63) is 58.0 Å². The summed E-state index contributed by atoms with van der Waals surface area (Å²) in [4.78, 5) is 28.5. The number of halogens is 1. The molecule has 42 heavy (non-hydrogen) atoms. The molecule has 2 fully saturated rings. The Labute approximate surface area is 248 Å². The molecule has 0 saturated carbocycles. The second kappa shape index (κ2) is 11.3. The van der Waals surface area contributed by atoms with Crippen molar-refractivity contribution in [2.24, 2.45) is 0 Å². The second-order valence-corrected chi connectivity index (χ2v) is 12.8. The van der Waals surface area contributed by atoms with Crippen molar-refractivity contribution in [2.75, 3.05) is 44.7 Å².